The first-order valence-corrected chi connectivity index (χ1v) is 11.6. The van der Waals surface area contributed by atoms with Crippen molar-refractivity contribution in [3.05, 3.63) is 59.2 Å². The van der Waals surface area contributed by atoms with E-state index in [1.54, 1.807) is 12.1 Å². The zero-order valence-corrected chi connectivity index (χ0v) is 20.8. The molecule has 0 spiro atoms. The molecule has 210 valence electrons. The molecule has 0 amide bonds. The summed E-state index contributed by atoms with van der Waals surface area (Å²) in [6, 6.07) is 8.68. The maximum Gasteiger partial charge on any atom is 0.354 e. The summed E-state index contributed by atoms with van der Waals surface area (Å²) in [4.78, 5) is 69.0. The molecule has 39 heavy (non-hydrogen) atoms. The lowest BCUT2D eigenvalue weighted by Crippen LogP contribution is -2.43. The van der Waals surface area contributed by atoms with Crippen molar-refractivity contribution in [2.75, 3.05) is 45.8 Å². The summed E-state index contributed by atoms with van der Waals surface area (Å²) in [5.41, 5.74) is 0.253. The van der Waals surface area contributed by atoms with Crippen molar-refractivity contribution in [2.45, 2.75) is 13.1 Å². The van der Waals surface area contributed by atoms with E-state index in [0.29, 0.717) is 11.4 Å². The van der Waals surface area contributed by atoms with Gasteiger partial charge in [0.15, 0.2) is 0 Å². The Morgan fingerprint density at radius 1 is 0.538 bits per heavy atom. The minimum atomic E-state index is -1.23. The number of hydrogen-bond donors (Lipinski definition) is 5. The first-order chi connectivity index (χ1) is 18.4. The molecule has 0 fully saturated rings. The van der Waals surface area contributed by atoms with Crippen molar-refractivity contribution in [3.63, 3.8) is 0 Å². The molecule has 0 aliphatic rings. The molecule has 0 aliphatic heterocycles. The van der Waals surface area contributed by atoms with Crippen LogP contribution in [0, 0.1) is 0 Å². The van der Waals surface area contributed by atoms with Gasteiger partial charge in [-0.2, -0.15) is 0 Å². The Morgan fingerprint density at radius 2 is 0.872 bits per heavy atom. The number of aromatic carboxylic acids is 2. The molecule has 0 atom stereocenters. The summed E-state index contributed by atoms with van der Waals surface area (Å²) in [5.74, 6) is -5.89. The van der Waals surface area contributed by atoms with Crippen LogP contribution in [0.5, 0.6) is 0 Å². The van der Waals surface area contributed by atoms with Gasteiger partial charge in [0, 0.05) is 39.3 Å². The quantitative estimate of drug-likeness (QED) is 0.162. The molecule has 0 saturated heterocycles. The van der Waals surface area contributed by atoms with E-state index in [2.05, 4.69) is 9.97 Å². The Hall–Kier alpha value is -4.47. The average molecular weight is 548 g/mol. The van der Waals surface area contributed by atoms with Crippen molar-refractivity contribution < 1.29 is 49.5 Å². The van der Waals surface area contributed by atoms with Crippen molar-refractivity contribution >= 4 is 29.8 Å². The molecular formula is C24H29N5O10. The Morgan fingerprint density at radius 3 is 1.21 bits per heavy atom. The SMILES string of the molecule is O=C(O)CN(CCN(CC(=O)O)Cc1cccc(C(=O)O)n1)CCN(CC(=O)O)Cc1cccc(C(=O)O)n1. The highest BCUT2D eigenvalue weighted by Crippen LogP contribution is 2.07. The summed E-state index contributed by atoms with van der Waals surface area (Å²) in [5, 5.41) is 46.2. The lowest BCUT2D eigenvalue weighted by atomic mass is 10.2. The minimum Gasteiger partial charge on any atom is -0.480 e. The van der Waals surface area contributed by atoms with E-state index in [9.17, 15) is 39.3 Å². The molecule has 5 N–H and O–H groups in total. The number of pyridine rings is 2. The van der Waals surface area contributed by atoms with Crippen LogP contribution in [-0.2, 0) is 27.5 Å². The third kappa shape index (κ3) is 11.6. The van der Waals surface area contributed by atoms with Crippen LogP contribution < -0.4 is 0 Å². The maximum absolute atomic E-state index is 11.5. The monoisotopic (exact) mass is 547 g/mol. The van der Waals surface area contributed by atoms with Crippen LogP contribution in [0.15, 0.2) is 36.4 Å². The van der Waals surface area contributed by atoms with E-state index >= 15 is 0 Å². The van der Waals surface area contributed by atoms with Crippen LogP contribution in [0.1, 0.15) is 32.4 Å². The van der Waals surface area contributed by atoms with Gasteiger partial charge in [0.1, 0.15) is 11.4 Å². The second kappa shape index (κ2) is 15.1. The highest BCUT2D eigenvalue weighted by atomic mass is 16.4. The number of carboxylic acids is 5. The van der Waals surface area contributed by atoms with E-state index in [0.717, 1.165) is 0 Å². The fourth-order valence-corrected chi connectivity index (χ4v) is 3.67. The van der Waals surface area contributed by atoms with Crippen LogP contribution in [0.25, 0.3) is 0 Å². The number of aliphatic carboxylic acids is 3. The zero-order chi connectivity index (χ0) is 28.9. The van der Waals surface area contributed by atoms with Gasteiger partial charge in [-0.05, 0) is 24.3 Å². The Balaban J connectivity index is 2.10. The third-order valence-corrected chi connectivity index (χ3v) is 5.36. The van der Waals surface area contributed by atoms with Crippen molar-refractivity contribution in [3.8, 4) is 0 Å². The molecule has 0 aliphatic carbocycles. The van der Waals surface area contributed by atoms with Gasteiger partial charge in [0.05, 0.1) is 31.0 Å². The number of carboxylic acid groups (broad SMARTS) is 5. The van der Waals surface area contributed by atoms with Crippen LogP contribution >= 0.6 is 0 Å². The summed E-state index contributed by atoms with van der Waals surface area (Å²) < 4.78 is 0. The van der Waals surface area contributed by atoms with Crippen molar-refractivity contribution in [1.82, 2.24) is 24.7 Å². The van der Waals surface area contributed by atoms with Crippen molar-refractivity contribution in [2.24, 2.45) is 0 Å². The predicted octanol–water partition coefficient (Wildman–Crippen LogP) is -0.267. The smallest absolute Gasteiger partial charge is 0.354 e. The largest absolute Gasteiger partial charge is 0.480 e. The van der Waals surface area contributed by atoms with Gasteiger partial charge in [0.2, 0.25) is 0 Å². The van der Waals surface area contributed by atoms with Gasteiger partial charge in [0.25, 0.3) is 0 Å². The van der Waals surface area contributed by atoms with Gasteiger partial charge in [-0.25, -0.2) is 19.6 Å². The first-order valence-electron chi connectivity index (χ1n) is 11.6. The lowest BCUT2D eigenvalue weighted by Gasteiger charge is -2.28. The fraction of sp³-hybridized carbons (Fsp3) is 0.375. The summed E-state index contributed by atoms with van der Waals surface area (Å²) in [6.45, 7) is -0.804. The van der Waals surface area contributed by atoms with E-state index in [4.69, 9.17) is 10.2 Å². The van der Waals surface area contributed by atoms with Gasteiger partial charge < -0.3 is 25.5 Å². The average Bonchev–Trinajstić information content (AvgIpc) is 2.84. The lowest BCUT2D eigenvalue weighted by molar-refractivity contribution is -0.140. The Kier molecular flexibility index (Phi) is 11.9. The molecule has 2 aromatic heterocycles. The molecule has 2 rings (SSSR count). The molecule has 15 nitrogen and oxygen atoms in total. The second-order valence-corrected chi connectivity index (χ2v) is 8.52. The number of nitrogens with zero attached hydrogens (tertiary/aromatic N) is 5. The van der Waals surface area contributed by atoms with Gasteiger partial charge in [-0.1, -0.05) is 12.1 Å². The maximum atomic E-state index is 11.5. The number of hydrogen-bond acceptors (Lipinski definition) is 10. The van der Waals surface area contributed by atoms with Crippen LogP contribution in [0.4, 0.5) is 0 Å². The number of carbonyl (C=O) groups is 5. The highest BCUT2D eigenvalue weighted by molar-refractivity contribution is 5.85. The van der Waals surface area contributed by atoms with Crippen molar-refractivity contribution in [1.29, 1.82) is 0 Å². The standard InChI is InChI=1S/C24H29N5O10/c30-20(31)13-27(7-9-28(14-21(32)33)11-16-3-1-5-18(25-16)23(36)37)8-10-29(15-22(34)35)12-17-4-2-6-19(26-17)24(38)39/h1-6H,7-15H2,(H,30,31)(H,32,33)(H,34,35)(H,36,37)(H,38,39). The molecule has 0 radical (unpaired) electrons. The molecule has 15 heteroatoms. The highest BCUT2D eigenvalue weighted by Gasteiger charge is 2.19. The van der Waals surface area contributed by atoms with Crippen LogP contribution in [-0.4, -0.2) is 126 Å². The van der Waals surface area contributed by atoms with Gasteiger partial charge in [-0.15, -0.1) is 0 Å². The molecule has 0 saturated carbocycles. The molecule has 2 heterocycles. The van der Waals surface area contributed by atoms with Gasteiger partial charge in [-0.3, -0.25) is 29.1 Å². The van der Waals surface area contributed by atoms with E-state index in [-0.39, 0.29) is 50.7 Å². The zero-order valence-electron chi connectivity index (χ0n) is 20.8. The normalized spacial score (nSPS) is 11.2. The summed E-state index contributed by atoms with van der Waals surface area (Å²) in [6.07, 6.45) is 0. The fourth-order valence-electron chi connectivity index (χ4n) is 3.67. The third-order valence-electron chi connectivity index (χ3n) is 5.36. The Labute approximate surface area is 222 Å². The molecule has 2 aromatic rings. The van der Waals surface area contributed by atoms with E-state index in [1.807, 2.05) is 0 Å². The molecule has 0 unspecified atom stereocenters. The number of rotatable bonds is 18. The number of aromatic nitrogens is 2. The van der Waals surface area contributed by atoms with Crippen LogP contribution in [0.3, 0.4) is 0 Å². The predicted molar refractivity (Wildman–Crippen MR) is 132 cm³/mol. The molecular weight excluding hydrogens is 518 g/mol. The van der Waals surface area contributed by atoms with E-state index in [1.165, 1.54) is 39.0 Å². The van der Waals surface area contributed by atoms with E-state index < -0.39 is 49.5 Å². The second-order valence-electron chi connectivity index (χ2n) is 8.52. The van der Waals surface area contributed by atoms with Gasteiger partial charge >= 0.3 is 29.8 Å². The summed E-state index contributed by atoms with van der Waals surface area (Å²) in [7, 11) is 0. The molecule has 0 bridgehead atoms. The Bertz CT molecular complexity index is 1110. The summed E-state index contributed by atoms with van der Waals surface area (Å²) >= 11 is 0. The first kappa shape index (κ1) is 30.8. The molecule has 0 aromatic carbocycles. The topological polar surface area (TPSA) is 222 Å². The van der Waals surface area contributed by atoms with Crippen LogP contribution in [0.2, 0.25) is 0 Å². The minimum absolute atomic E-state index is 0.00502.